The summed E-state index contributed by atoms with van der Waals surface area (Å²) in [5.74, 6) is 1.95. The lowest BCUT2D eigenvalue weighted by Gasteiger charge is -2.06. The van der Waals surface area contributed by atoms with Crippen molar-refractivity contribution in [2.75, 3.05) is 20.2 Å². The van der Waals surface area contributed by atoms with Crippen molar-refractivity contribution < 1.29 is 4.74 Å². The fraction of sp³-hybridized carbons (Fsp3) is 0.400. The minimum Gasteiger partial charge on any atom is -0.494 e. The average Bonchev–Trinajstić information content (AvgIpc) is 2.75. The Balaban J connectivity index is 2.42. The van der Waals surface area contributed by atoms with Crippen LogP contribution in [-0.2, 0) is 13.0 Å². The zero-order chi connectivity index (χ0) is 13.7. The molecule has 19 heavy (non-hydrogen) atoms. The molecule has 0 bridgehead atoms. The van der Waals surface area contributed by atoms with Gasteiger partial charge in [0, 0.05) is 25.6 Å². The van der Waals surface area contributed by atoms with Crippen LogP contribution in [0.25, 0.3) is 11.0 Å². The molecule has 1 aromatic carbocycles. The maximum absolute atomic E-state index is 5.52. The Morgan fingerprint density at radius 1 is 1.47 bits per heavy atom. The van der Waals surface area contributed by atoms with Gasteiger partial charge in [0.15, 0.2) is 0 Å². The van der Waals surface area contributed by atoms with Gasteiger partial charge >= 0.3 is 0 Å². The SMILES string of the molecule is C=CCn1c(CCNC)nc2cc(OCC)ccc21. The van der Waals surface area contributed by atoms with Crippen LogP contribution in [0.15, 0.2) is 30.9 Å². The van der Waals surface area contributed by atoms with Crippen molar-refractivity contribution in [1.82, 2.24) is 14.9 Å². The number of hydrogen-bond acceptors (Lipinski definition) is 3. The summed E-state index contributed by atoms with van der Waals surface area (Å²) in [5, 5.41) is 3.16. The molecule has 0 aliphatic rings. The van der Waals surface area contributed by atoms with Crippen LogP contribution < -0.4 is 10.1 Å². The highest BCUT2D eigenvalue weighted by atomic mass is 16.5. The van der Waals surface area contributed by atoms with Gasteiger partial charge in [-0.2, -0.15) is 0 Å². The standard InChI is InChI=1S/C15H21N3O/c1-4-10-18-14-7-6-12(19-5-2)11-13(14)17-15(18)8-9-16-3/h4,6-7,11,16H,1,5,8-10H2,2-3H3. The van der Waals surface area contributed by atoms with Crippen molar-refractivity contribution in [3.8, 4) is 5.75 Å². The highest BCUT2D eigenvalue weighted by Crippen LogP contribution is 2.22. The molecular weight excluding hydrogens is 238 g/mol. The van der Waals surface area contributed by atoms with Crippen molar-refractivity contribution >= 4 is 11.0 Å². The molecule has 0 aliphatic heterocycles. The molecule has 0 atom stereocenters. The molecule has 1 N–H and O–H groups in total. The summed E-state index contributed by atoms with van der Waals surface area (Å²) in [4.78, 5) is 4.71. The van der Waals surface area contributed by atoms with E-state index in [9.17, 15) is 0 Å². The first-order valence-corrected chi connectivity index (χ1v) is 6.67. The van der Waals surface area contributed by atoms with E-state index >= 15 is 0 Å². The lowest BCUT2D eigenvalue weighted by atomic mass is 10.3. The molecule has 2 rings (SSSR count). The van der Waals surface area contributed by atoms with Crippen molar-refractivity contribution in [3.05, 3.63) is 36.7 Å². The molecule has 0 saturated carbocycles. The smallest absolute Gasteiger partial charge is 0.121 e. The monoisotopic (exact) mass is 259 g/mol. The van der Waals surface area contributed by atoms with Crippen molar-refractivity contribution in [2.45, 2.75) is 19.9 Å². The highest BCUT2D eigenvalue weighted by Gasteiger charge is 2.10. The van der Waals surface area contributed by atoms with Gasteiger partial charge in [-0.05, 0) is 26.1 Å². The van der Waals surface area contributed by atoms with E-state index in [2.05, 4.69) is 22.5 Å². The van der Waals surface area contributed by atoms with Gasteiger partial charge in [-0.1, -0.05) is 6.08 Å². The summed E-state index contributed by atoms with van der Waals surface area (Å²) >= 11 is 0. The zero-order valence-electron chi connectivity index (χ0n) is 11.6. The summed E-state index contributed by atoms with van der Waals surface area (Å²) in [6, 6.07) is 6.07. The molecule has 4 nitrogen and oxygen atoms in total. The van der Waals surface area contributed by atoms with E-state index in [4.69, 9.17) is 9.72 Å². The Morgan fingerprint density at radius 3 is 3.00 bits per heavy atom. The number of likely N-dealkylation sites (N-methyl/N-ethyl adjacent to an activating group) is 1. The third-order valence-electron chi connectivity index (χ3n) is 3.02. The second-order valence-corrected chi connectivity index (χ2v) is 4.36. The van der Waals surface area contributed by atoms with Crippen LogP contribution in [0.5, 0.6) is 5.75 Å². The Morgan fingerprint density at radius 2 is 2.32 bits per heavy atom. The number of hydrogen-bond donors (Lipinski definition) is 1. The summed E-state index contributed by atoms with van der Waals surface area (Å²) in [7, 11) is 1.95. The van der Waals surface area contributed by atoms with Gasteiger partial charge < -0.3 is 14.6 Å². The molecule has 2 aromatic rings. The zero-order valence-corrected chi connectivity index (χ0v) is 11.6. The van der Waals surface area contributed by atoms with Crippen LogP contribution in [0, 0.1) is 0 Å². The second kappa shape index (κ2) is 6.38. The maximum Gasteiger partial charge on any atom is 0.121 e. The first kappa shape index (κ1) is 13.6. The van der Waals surface area contributed by atoms with Crippen LogP contribution in [0.4, 0.5) is 0 Å². The van der Waals surface area contributed by atoms with Gasteiger partial charge in [0.2, 0.25) is 0 Å². The van der Waals surface area contributed by atoms with Crippen LogP contribution in [0.1, 0.15) is 12.7 Å². The van der Waals surface area contributed by atoms with E-state index in [1.807, 2.05) is 32.2 Å². The van der Waals surface area contributed by atoms with Crippen molar-refractivity contribution in [3.63, 3.8) is 0 Å². The third-order valence-corrected chi connectivity index (χ3v) is 3.02. The minimum atomic E-state index is 0.672. The topological polar surface area (TPSA) is 39.1 Å². The lowest BCUT2D eigenvalue weighted by Crippen LogP contribution is -2.13. The molecule has 102 valence electrons. The number of imidazole rings is 1. The molecule has 1 heterocycles. The number of rotatable bonds is 7. The van der Waals surface area contributed by atoms with Crippen LogP contribution >= 0.6 is 0 Å². The van der Waals surface area contributed by atoms with Crippen LogP contribution in [0.3, 0.4) is 0 Å². The predicted octanol–water partition coefficient (Wildman–Crippen LogP) is 2.38. The summed E-state index contributed by atoms with van der Waals surface area (Å²) < 4.78 is 7.73. The molecular formula is C15H21N3O. The van der Waals surface area contributed by atoms with Crippen molar-refractivity contribution in [2.24, 2.45) is 0 Å². The highest BCUT2D eigenvalue weighted by molar-refractivity contribution is 5.78. The number of nitrogens with zero attached hydrogens (tertiary/aromatic N) is 2. The Bertz CT molecular complexity index is 560. The molecule has 0 aliphatic carbocycles. The Labute approximate surface area is 114 Å². The van der Waals surface area contributed by atoms with E-state index in [1.165, 1.54) is 0 Å². The first-order chi connectivity index (χ1) is 9.30. The van der Waals surface area contributed by atoms with E-state index in [0.717, 1.165) is 42.1 Å². The van der Waals surface area contributed by atoms with Gasteiger partial charge in [0.1, 0.15) is 11.6 Å². The number of fused-ring (bicyclic) bond motifs is 1. The van der Waals surface area contributed by atoms with Crippen LogP contribution in [-0.4, -0.2) is 29.8 Å². The molecule has 1 aromatic heterocycles. The fourth-order valence-corrected chi connectivity index (χ4v) is 2.18. The van der Waals surface area contributed by atoms with E-state index < -0.39 is 0 Å². The van der Waals surface area contributed by atoms with E-state index in [-0.39, 0.29) is 0 Å². The molecule has 0 spiro atoms. The number of allylic oxidation sites excluding steroid dienone is 1. The number of nitrogens with one attached hydrogen (secondary N) is 1. The van der Waals surface area contributed by atoms with Gasteiger partial charge in [0.25, 0.3) is 0 Å². The van der Waals surface area contributed by atoms with Gasteiger partial charge in [-0.15, -0.1) is 6.58 Å². The quantitative estimate of drug-likeness (QED) is 0.776. The molecule has 0 saturated heterocycles. The largest absolute Gasteiger partial charge is 0.494 e. The average molecular weight is 259 g/mol. The molecule has 0 fully saturated rings. The summed E-state index contributed by atoms with van der Waals surface area (Å²) in [6.07, 6.45) is 2.81. The Kier molecular flexibility index (Phi) is 4.58. The molecule has 0 radical (unpaired) electrons. The number of ether oxygens (including phenoxy) is 1. The predicted molar refractivity (Wildman–Crippen MR) is 78.7 cm³/mol. The van der Waals surface area contributed by atoms with Gasteiger partial charge in [-0.3, -0.25) is 0 Å². The summed E-state index contributed by atoms with van der Waals surface area (Å²) in [6.45, 7) is 8.18. The molecule has 0 amide bonds. The molecule has 0 unspecified atom stereocenters. The number of aromatic nitrogens is 2. The lowest BCUT2D eigenvalue weighted by molar-refractivity contribution is 0.340. The Hall–Kier alpha value is -1.81. The van der Waals surface area contributed by atoms with Gasteiger partial charge in [0.05, 0.1) is 17.6 Å². The number of benzene rings is 1. The normalized spacial score (nSPS) is 10.8. The fourth-order valence-electron chi connectivity index (χ4n) is 2.18. The van der Waals surface area contributed by atoms with Crippen molar-refractivity contribution in [1.29, 1.82) is 0 Å². The van der Waals surface area contributed by atoms with E-state index in [1.54, 1.807) is 0 Å². The van der Waals surface area contributed by atoms with E-state index in [0.29, 0.717) is 6.61 Å². The van der Waals surface area contributed by atoms with Crippen LogP contribution in [0.2, 0.25) is 0 Å². The first-order valence-electron chi connectivity index (χ1n) is 6.67. The summed E-state index contributed by atoms with van der Waals surface area (Å²) in [5.41, 5.74) is 2.12. The minimum absolute atomic E-state index is 0.672. The van der Waals surface area contributed by atoms with Gasteiger partial charge in [-0.25, -0.2) is 4.98 Å². The second-order valence-electron chi connectivity index (χ2n) is 4.36. The third kappa shape index (κ3) is 2.96. The molecule has 4 heteroatoms. The maximum atomic E-state index is 5.52.